The Kier molecular flexibility index (Phi) is 4.19. The second-order valence-electron chi connectivity index (χ2n) is 5.16. The summed E-state index contributed by atoms with van der Waals surface area (Å²) in [5.41, 5.74) is 0.541. The van der Waals surface area contributed by atoms with Crippen molar-refractivity contribution in [1.82, 2.24) is 14.9 Å². The van der Waals surface area contributed by atoms with E-state index in [1.165, 1.54) is 6.20 Å². The summed E-state index contributed by atoms with van der Waals surface area (Å²) in [4.78, 5) is 26.6. The van der Waals surface area contributed by atoms with Gasteiger partial charge in [-0.3, -0.25) is 9.59 Å². The number of carboxylic acid groups (broad SMARTS) is 1. The molecule has 0 atom stereocenters. The number of nitrogens with zero attached hydrogens (tertiary/aromatic N) is 2. The van der Waals surface area contributed by atoms with Gasteiger partial charge in [0.1, 0.15) is 5.69 Å². The molecule has 1 aliphatic carbocycles. The topological polar surface area (TPSA) is 84.2 Å². The number of imidazole rings is 1. The lowest BCUT2D eigenvalue weighted by molar-refractivity contribution is -0.143. The number of aliphatic carboxylic acids is 1. The van der Waals surface area contributed by atoms with Crippen molar-refractivity contribution in [3.8, 4) is 0 Å². The number of hydrogen-bond acceptors (Lipinski definition) is 3. The lowest BCUT2D eigenvalue weighted by atomic mass is 9.82. The molecule has 19 heavy (non-hydrogen) atoms. The lowest BCUT2D eigenvalue weighted by Crippen LogP contribution is -2.33. The summed E-state index contributed by atoms with van der Waals surface area (Å²) >= 11 is 0. The third kappa shape index (κ3) is 3.33. The molecule has 104 valence electrons. The Morgan fingerprint density at radius 3 is 2.63 bits per heavy atom. The van der Waals surface area contributed by atoms with Crippen LogP contribution in [-0.4, -0.2) is 33.1 Å². The first-order valence-corrected chi connectivity index (χ1v) is 6.55. The number of nitrogens with one attached hydrogen (secondary N) is 1. The van der Waals surface area contributed by atoms with E-state index in [0.717, 1.165) is 12.8 Å². The van der Waals surface area contributed by atoms with E-state index in [1.807, 2.05) is 0 Å². The van der Waals surface area contributed by atoms with Gasteiger partial charge in [0.25, 0.3) is 5.91 Å². The van der Waals surface area contributed by atoms with Crippen molar-refractivity contribution in [3.05, 3.63) is 18.2 Å². The monoisotopic (exact) mass is 265 g/mol. The van der Waals surface area contributed by atoms with E-state index in [9.17, 15) is 9.59 Å². The molecule has 0 aliphatic heterocycles. The standard InChI is InChI=1S/C13H19N3O3/c1-16-8-14-7-11(16)12(17)15-6-9-2-4-10(5-3-9)13(18)19/h7-10H,2-6H2,1H3,(H,15,17)(H,18,19). The smallest absolute Gasteiger partial charge is 0.306 e. The van der Waals surface area contributed by atoms with Gasteiger partial charge in [0.05, 0.1) is 18.4 Å². The molecule has 0 bridgehead atoms. The summed E-state index contributed by atoms with van der Waals surface area (Å²) in [6.45, 7) is 0.607. The highest BCUT2D eigenvalue weighted by molar-refractivity contribution is 5.92. The fourth-order valence-electron chi connectivity index (χ4n) is 2.52. The second-order valence-corrected chi connectivity index (χ2v) is 5.16. The molecule has 1 fully saturated rings. The fraction of sp³-hybridized carbons (Fsp3) is 0.615. The number of rotatable bonds is 4. The van der Waals surface area contributed by atoms with Crippen LogP contribution in [0, 0.1) is 11.8 Å². The summed E-state index contributed by atoms with van der Waals surface area (Å²) in [6, 6.07) is 0. The van der Waals surface area contributed by atoms with Crippen molar-refractivity contribution in [1.29, 1.82) is 0 Å². The highest BCUT2D eigenvalue weighted by Crippen LogP contribution is 2.28. The van der Waals surface area contributed by atoms with E-state index in [2.05, 4.69) is 10.3 Å². The van der Waals surface area contributed by atoms with Crippen LogP contribution in [0.15, 0.2) is 12.5 Å². The van der Waals surface area contributed by atoms with Crippen LogP contribution in [0.2, 0.25) is 0 Å². The number of carboxylic acids is 1. The summed E-state index contributed by atoms with van der Waals surface area (Å²) < 4.78 is 1.68. The average Bonchev–Trinajstić information content (AvgIpc) is 2.83. The Balaban J connectivity index is 1.77. The molecule has 1 aliphatic rings. The van der Waals surface area contributed by atoms with Gasteiger partial charge in [-0.05, 0) is 31.6 Å². The zero-order valence-corrected chi connectivity index (χ0v) is 11.0. The van der Waals surface area contributed by atoms with Gasteiger partial charge in [-0.15, -0.1) is 0 Å². The summed E-state index contributed by atoms with van der Waals surface area (Å²) in [7, 11) is 1.78. The molecule has 1 amide bonds. The van der Waals surface area contributed by atoms with Crippen LogP contribution >= 0.6 is 0 Å². The molecule has 0 unspecified atom stereocenters. The Hall–Kier alpha value is -1.85. The van der Waals surface area contributed by atoms with Crippen LogP contribution in [0.25, 0.3) is 0 Å². The number of aryl methyl sites for hydroxylation is 1. The third-order valence-corrected chi connectivity index (χ3v) is 3.80. The number of amides is 1. The first-order valence-electron chi connectivity index (χ1n) is 6.55. The molecule has 0 saturated heterocycles. The SMILES string of the molecule is Cn1cncc1C(=O)NCC1CCC(C(=O)O)CC1. The summed E-state index contributed by atoms with van der Waals surface area (Å²) in [5.74, 6) is -0.644. The third-order valence-electron chi connectivity index (χ3n) is 3.80. The van der Waals surface area contributed by atoms with Crippen molar-refractivity contribution in [2.75, 3.05) is 6.54 Å². The minimum Gasteiger partial charge on any atom is -0.481 e. The Labute approximate surface area is 111 Å². The van der Waals surface area contributed by atoms with E-state index in [-0.39, 0.29) is 11.8 Å². The molecule has 6 heteroatoms. The van der Waals surface area contributed by atoms with Gasteiger partial charge in [0.15, 0.2) is 0 Å². The number of aromatic nitrogens is 2. The fourth-order valence-corrected chi connectivity index (χ4v) is 2.52. The largest absolute Gasteiger partial charge is 0.481 e. The van der Waals surface area contributed by atoms with Gasteiger partial charge >= 0.3 is 5.97 Å². The van der Waals surface area contributed by atoms with Gasteiger partial charge < -0.3 is 15.0 Å². The Bertz CT molecular complexity index is 461. The molecule has 2 rings (SSSR count). The van der Waals surface area contributed by atoms with Crippen LogP contribution in [0.1, 0.15) is 36.2 Å². The molecule has 0 radical (unpaired) electrons. The maximum Gasteiger partial charge on any atom is 0.306 e. The maximum atomic E-state index is 11.9. The highest BCUT2D eigenvalue weighted by atomic mass is 16.4. The predicted octanol–water partition coefficient (Wildman–Crippen LogP) is 1.04. The molecule has 2 N–H and O–H groups in total. The number of hydrogen-bond donors (Lipinski definition) is 2. The van der Waals surface area contributed by atoms with E-state index in [1.54, 1.807) is 17.9 Å². The minimum absolute atomic E-state index is 0.125. The molecule has 1 aromatic rings. The van der Waals surface area contributed by atoms with Crippen molar-refractivity contribution < 1.29 is 14.7 Å². The zero-order chi connectivity index (χ0) is 13.8. The summed E-state index contributed by atoms with van der Waals surface area (Å²) in [5, 5.41) is 11.8. The van der Waals surface area contributed by atoms with Gasteiger partial charge in [0, 0.05) is 13.6 Å². The van der Waals surface area contributed by atoms with Crippen LogP contribution in [-0.2, 0) is 11.8 Å². The molecule has 0 aromatic carbocycles. The van der Waals surface area contributed by atoms with Gasteiger partial charge in [-0.1, -0.05) is 0 Å². The maximum absolute atomic E-state index is 11.9. The van der Waals surface area contributed by atoms with Crippen molar-refractivity contribution in [2.45, 2.75) is 25.7 Å². The van der Waals surface area contributed by atoms with Crippen LogP contribution in [0.5, 0.6) is 0 Å². The molecule has 1 saturated carbocycles. The molecule has 6 nitrogen and oxygen atoms in total. The van der Waals surface area contributed by atoms with E-state index < -0.39 is 5.97 Å². The highest BCUT2D eigenvalue weighted by Gasteiger charge is 2.26. The number of carbonyl (C=O) groups is 2. The van der Waals surface area contributed by atoms with Gasteiger partial charge in [-0.25, -0.2) is 4.98 Å². The van der Waals surface area contributed by atoms with Crippen molar-refractivity contribution in [2.24, 2.45) is 18.9 Å². The van der Waals surface area contributed by atoms with Crippen molar-refractivity contribution in [3.63, 3.8) is 0 Å². The predicted molar refractivity (Wildman–Crippen MR) is 68.6 cm³/mol. The first-order chi connectivity index (χ1) is 9.08. The number of carbonyl (C=O) groups excluding carboxylic acids is 1. The molecule has 1 heterocycles. The zero-order valence-electron chi connectivity index (χ0n) is 11.0. The molecule has 1 aromatic heterocycles. The molecule has 0 spiro atoms. The molecular formula is C13H19N3O3. The van der Waals surface area contributed by atoms with Gasteiger partial charge in [-0.2, -0.15) is 0 Å². The minimum atomic E-state index is -0.697. The van der Waals surface area contributed by atoms with Gasteiger partial charge in [0.2, 0.25) is 0 Å². The molecular weight excluding hydrogens is 246 g/mol. The van der Waals surface area contributed by atoms with Crippen LogP contribution in [0.4, 0.5) is 0 Å². The quantitative estimate of drug-likeness (QED) is 0.852. The summed E-state index contributed by atoms with van der Waals surface area (Å²) in [6.07, 6.45) is 6.28. The Morgan fingerprint density at radius 2 is 2.11 bits per heavy atom. The Morgan fingerprint density at radius 1 is 1.42 bits per heavy atom. The average molecular weight is 265 g/mol. The first kappa shape index (κ1) is 13.6. The van der Waals surface area contributed by atoms with Crippen molar-refractivity contribution >= 4 is 11.9 Å². The van der Waals surface area contributed by atoms with E-state index in [0.29, 0.717) is 31.0 Å². The lowest BCUT2D eigenvalue weighted by Gasteiger charge is -2.26. The van der Waals surface area contributed by atoms with E-state index >= 15 is 0 Å². The normalized spacial score (nSPS) is 23.0. The second kappa shape index (κ2) is 5.86. The van der Waals surface area contributed by atoms with Crippen LogP contribution < -0.4 is 5.32 Å². The van der Waals surface area contributed by atoms with E-state index in [4.69, 9.17) is 5.11 Å². The van der Waals surface area contributed by atoms with Crippen LogP contribution in [0.3, 0.4) is 0 Å².